The fourth-order valence-electron chi connectivity index (χ4n) is 1.75. The highest BCUT2D eigenvalue weighted by Gasteiger charge is 2.20. The van der Waals surface area contributed by atoms with Crippen molar-refractivity contribution in [1.29, 1.82) is 0 Å². The molecule has 1 atom stereocenters. The highest BCUT2D eigenvalue weighted by atomic mass is 19.1. The van der Waals surface area contributed by atoms with E-state index in [-0.39, 0.29) is 11.8 Å². The first-order valence-electron chi connectivity index (χ1n) is 5.39. The SMILES string of the molecule is O=C(Nc1ccc(F)cn1)[C@@H]1CCCNC1. The largest absolute Gasteiger partial charge is 0.316 e. The maximum atomic E-state index is 12.6. The standard InChI is InChI=1S/C11H14FN3O/c12-9-3-4-10(14-7-9)15-11(16)8-2-1-5-13-6-8/h3-4,7-8,13H,1-2,5-6H2,(H,14,15,16)/t8-/m1/s1. The van der Waals surface area contributed by atoms with E-state index < -0.39 is 5.82 Å². The molecule has 86 valence electrons. The normalized spacial score (nSPS) is 20.4. The Bertz CT molecular complexity index is 360. The first-order chi connectivity index (χ1) is 7.75. The van der Waals surface area contributed by atoms with Crippen LogP contribution in [0, 0.1) is 11.7 Å². The first-order valence-corrected chi connectivity index (χ1v) is 5.39. The molecule has 0 spiro atoms. The van der Waals surface area contributed by atoms with Crippen LogP contribution in [-0.2, 0) is 4.79 Å². The molecule has 2 N–H and O–H groups in total. The Hall–Kier alpha value is -1.49. The van der Waals surface area contributed by atoms with Gasteiger partial charge in [-0.3, -0.25) is 4.79 Å². The van der Waals surface area contributed by atoms with Crippen molar-refractivity contribution in [2.45, 2.75) is 12.8 Å². The minimum absolute atomic E-state index is 0.0133. The average molecular weight is 223 g/mol. The lowest BCUT2D eigenvalue weighted by molar-refractivity contribution is -0.120. The highest BCUT2D eigenvalue weighted by molar-refractivity contribution is 5.91. The summed E-state index contributed by atoms with van der Waals surface area (Å²) in [5.74, 6) is -0.0683. The van der Waals surface area contributed by atoms with Crippen molar-refractivity contribution in [3.63, 3.8) is 0 Å². The lowest BCUT2D eigenvalue weighted by Gasteiger charge is -2.21. The summed E-state index contributed by atoms with van der Waals surface area (Å²) in [6, 6.07) is 2.74. The second-order valence-corrected chi connectivity index (χ2v) is 3.89. The van der Waals surface area contributed by atoms with Gasteiger partial charge in [0.05, 0.1) is 12.1 Å². The molecule has 1 aliphatic rings. The van der Waals surface area contributed by atoms with Crippen molar-refractivity contribution < 1.29 is 9.18 Å². The third-order valence-corrected chi connectivity index (χ3v) is 2.65. The number of carbonyl (C=O) groups excluding carboxylic acids is 1. The molecule has 2 heterocycles. The van der Waals surface area contributed by atoms with Gasteiger partial charge in [0.1, 0.15) is 11.6 Å². The van der Waals surface area contributed by atoms with E-state index in [0.717, 1.165) is 25.6 Å². The summed E-state index contributed by atoms with van der Waals surface area (Å²) >= 11 is 0. The van der Waals surface area contributed by atoms with Crippen LogP contribution in [0.4, 0.5) is 10.2 Å². The Labute approximate surface area is 93.3 Å². The van der Waals surface area contributed by atoms with E-state index in [1.807, 2.05) is 0 Å². The Morgan fingerprint density at radius 3 is 3.06 bits per heavy atom. The maximum absolute atomic E-state index is 12.6. The molecule has 0 aromatic carbocycles. The molecule has 0 bridgehead atoms. The number of pyridine rings is 1. The van der Waals surface area contributed by atoms with Gasteiger partial charge >= 0.3 is 0 Å². The molecule has 1 amide bonds. The molecule has 5 heteroatoms. The van der Waals surface area contributed by atoms with Crippen LogP contribution >= 0.6 is 0 Å². The van der Waals surface area contributed by atoms with Crippen LogP contribution in [0.15, 0.2) is 18.3 Å². The van der Waals surface area contributed by atoms with Crippen LogP contribution in [0.2, 0.25) is 0 Å². The minimum atomic E-state index is -0.405. The first kappa shape index (κ1) is 11.0. The zero-order chi connectivity index (χ0) is 11.4. The fourth-order valence-corrected chi connectivity index (χ4v) is 1.75. The maximum Gasteiger partial charge on any atom is 0.229 e. The summed E-state index contributed by atoms with van der Waals surface area (Å²) in [6.07, 6.45) is 2.99. The molecule has 16 heavy (non-hydrogen) atoms. The van der Waals surface area contributed by atoms with E-state index in [1.165, 1.54) is 12.1 Å². The smallest absolute Gasteiger partial charge is 0.229 e. The van der Waals surface area contributed by atoms with Crippen molar-refractivity contribution >= 4 is 11.7 Å². The number of amides is 1. The Balaban J connectivity index is 1.93. The number of nitrogens with one attached hydrogen (secondary N) is 2. The van der Waals surface area contributed by atoms with Gasteiger partial charge in [-0.1, -0.05) is 0 Å². The number of anilines is 1. The molecule has 2 rings (SSSR count). The second-order valence-electron chi connectivity index (χ2n) is 3.89. The molecule has 0 radical (unpaired) electrons. The number of carbonyl (C=O) groups is 1. The van der Waals surface area contributed by atoms with Gasteiger partial charge in [-0.15, -0.1) is 0 Å². The van der Waals surface area contributed by atoms with Gasteiger partial charge in [0.15, 0.2) is 0 Å². The van der Waals surface area contributed by atoms with Crippen molar-refractivity contribution in [2.24, 2.45) is 5.92 Å². The van der Waals surface area contributed by atoms with Crippen LogP contribution in [0.1, 0.15) is 12.8 Å². The molecule has 1 aromatic rings. The Morgan fingerprint density at radius 2 is 2.44 bits per heavy atom. The predicted octanol–water partition coefficient (Wildman–Crippen LogP) is 1.16. The number of hydrogen-bond acceptors (Lipinski definition) is 3. The molecular formula is C11H14FN3O. The van der Waals surface area contributed by atoms with Gasteiger partial charge in [0.2, 0.25) is 5.91 Å². The molecule has 0 unspecified atom stereocenters. The summed E-state index contributed by atoms with van der Waals surface area (Å²) in [6.45, 7) is 1.67. The summed E-state index contributed by atoms with van der Waals surface area (Å²) in [5.41, 5.74) is 0. The van der Waals surface area contributed by atoms with E-state index in [9.17, 15) is 9.18 Å². The van der Waals surface area contributed by atoms with Crippen molar-refractivity contribution in [3.05, 3.63) is 24.1 Å². The van der Waals surface area contributed by atoms with Gasteiger partial charge in [0, 0.05) is 6.54 Å². The molecule has 1 saturated heterocycles. The number of rotatable bonds is 2. The predicted molar refractivity (Wildman–Crippen MR) is 58.4 cm³/mol. The summed E-state index contributed by atoms with van der Waals surface area (Å²) in [4.78, 5) is 15.6. The molecule has 4 nitrogen and oxygen atoms in total. The molecule has 1 fully saturated rings. The highest BCUT2D eigenvalue weighted by Crippen LogP contribution is 2.12. The van der Waals surface area contributed by atoms with Crippen LogP contribution in [-0.4, -0.2) is 24.0 Å². The van der Waals surface area contributed by atoms with Crippen LogP contribution in [0.25, 0.3) is 0 Å². The number of halogens is 1. The van der Waals surface area contributed by atoms with Gasteiger partial charge in [-0.2, -0.15) is 0 Å². The monoisotopic (exact) mass is 223 g/mol. The third kappa shape index (κ3) is 2.76. The van der Waals surface area contributed by atoms with E-state index >= 15 is 0 Å². The minimum Gasteiger partial charge on any atom is -0.316 e. The number of hydrogen-bond donors (Lipinski definition) is 2. The van der Waals surface area contributed by atoms with Crippen LogP contribution in [0.3, 0.4) is 0 Å². The van der Waals surface area contributed by atoms with E-state index in [4.69, 9.17) is 0 Å². The van der Waals surface area contributed by atoms with Gasteiger partial charge in [-0.25, -0.2) is 9.37 Å². The lowest BCUT2D eigenvalue weighted by atomic mass is 9.99. The molecule has 1 aliphatic heterocycles. The summed E-state index contributed by atoms with van der Waals surface area (Å²) < 4.78 is 12.6. The zero-order valence-electron chi connectivity index (χ0n) is 8.87. The summed E-state index contributed by atoms with van der Waals surface area (Å²) in [5, 5.41) is 5.85. The average Bonchev–Trinajstić information content (AvgIpc) is 2.33. The number of piperidine rings is 1. The van der Waals surface area contributed by atoms with Crippen molar-refractivity contribution in [1.82, 2.24) is 10.3 Å². The van der Waals surface area contributed by atoms with E-state index in [1.54, 1.807) is 0 Å². The Kier molecular flexibility index (Phi) is 3.46. The van der Waals surface area contributed by atoms with E-state index in [0.29, 0.717) is 12.4 Å². The molecule has 1 aromatic heterocycles. The molecule has 0 aliphatic carbocycles. The van der Waals surface area contributed by atoms with Gasteiger partial charge < -0.3 is 10.6 Å². The number of nitrogens with zero attached hydrogens (tertiary/aromatic N) is 1. The Morgan fingerprint density at radius 1 is 1.56 bits per heavy atom. The van der Waals surface area contributed by atoms with E-state index in [2.05, 4.69) is 15.6 Å². The second kappa shape index (κ2) is 5.03. The lowest BCUT2D eigenvalue weighted by Crippen LogP contribution is -2.37. The van der Waals surface area contributed by atoms with Crippen LogP contribution < -0.4 is 10.6 Å². The third-order valence-electron chi connectivity index (χ3n) is 2.65. The summed E-state index contributed by atoms with van der Waals surface area (Å²) in [7, 11) is 0. The molecule has 0 saturated carbocycles. The van der Waals surface area contributed by atoms with Gasteiger partial charge in [-0.05, 0) is 31.5 Å². The number of aromatic nitrogens is 1. The fraction of sp³-hybridized carbons (Fsp3) is 0.455. The zero-order valence-corrected chi connectivity index (χ0v) is 8.87. The van der Waals surface area contributed by atoms with Crippen molar-refractivity contribution in [3.8, 4) is 0 Å². The molecular weight excluding hydrogens is 209 g/mol. The van der Waals surface area contributed by atoms with Crippen LogP contribution in [0.5, 0.6) is 0 Å². The topological polar surface area (TPSA) is 54.0 Å². The van der Waals surface area contributed by atoms with Gasteiger partial charge in [0.25, 0.3) is 0 Å². The quantitative estimate of drug-likeness (QED) is 0.791. The van der Waals surface area contributed by atoms with Crippen molar-refractivity contribution in [2.75, 3.05) is 18.4 Å².